The number of aliphatic hydroxyl groups is 2. The lowest BCUT2D eigenvalue weighted by atomic mass is 10.0. The summed E-state index contributed by atoms with van der Waals surface area (Å²) in [4.78, 5) is 3.86. The molecule has 108 valence electrons. The fourth-order valence-electron chi connectivity index (χ4n) is 1.59. The quantitative estimate of drug-likeness (QED) is 0.608. The lowest BCUT2D eigenvalue weighted by molar-refractivity contribution is 0.105. The first-order valence-electron chi connectivity index (χ1n) is 6.09. The van der Waals surface area contributed by atoms with Gasteiger partial charge in [0.05, 0.1) is 24.5 Å². The first-order chi connectivity index (χ1) is 8.97. The van der Waals surface area contributed by atoms with Gasteiger partial charge in [-0.2, -0.15) is 0 Å². The number of pyridine rings is 1. The third-order valence-corrected chi connectivity index (χ3v) is 4.55. The maximum absolute atomic E-state index is 11.9. The smallest absolute Gasteiger partial charge is 0.212 e. The second-order valence-corrected chi connectivity index (χ2v) is 6.32. The lowest BCUT2D eigenvalue weighted by Gasteiger charge is -2.29. The largest absolute Gasteiger partial charge is 0.394 e. The van der Waals surface area contributed by atoms with Crippen LogP contribution < -0.4 is 4.72 Å². The second-order valence-electron chi connectivity index (χ2n) is 4.48. The molecule has 0 amide bonds. The highest BCUT2D eigenvalue weighted by Gasteiger charge is 2.31. The summed E-state index contributed by atoms with van der Waals surface area (Å²) in [5.74, 6) is -0.0984. The number of nitrogens with zero attached hydrogens (tertiary/aromatic N) is 1. The molecule has 7 heteroatoms. The van der Waals surface area contributed by atoms with Crippen LogP contribution in [0, 0.1) is 0 Å². The van der Waals surface area contributed by atoms with Gasteiger partial charge in [0.2, 0.25) is 10.0 Å². The first-order valence-corrected chi connectivity index (χ1v) is 7.74. The zero-order valence-electron chi connectivity index (χ0n) is 10.9. The van der Waals surface area contributed by atoms with E-state index >= 15 is 0 Å². The van der Waals surface area contributed by atoms with Crippen molar-refractivity contribution >= 4 is 10.0 Å². The van der Waals surface area contributed by atoms with Crippen molar-refractivity contribution in [3.8, 4) is 0 Å². The molecule has 0 unspecified atom stereocenters. The summed E-state index contributed by atoms with van der Waals surface area (Å²) in [5, 5.41) is 18.5. The summed E-state index contributed by atoms with van der Waals surface area (Å²) in [6, 6.07) is 3.50. The van der Waals surface area contributed by atoms with Crippen molar-refractivity contribution in [2.45, 2.75) is 25.3 Å². The SMILES string of the molecule is CCC(CO)(CO)NS(=O)(=O)CCc1ccncc1. The van der Waals surface area contributed by atoms with Crippen molar-refractivity contribution in [1.82, 2.24) is 9.71 Å². The Morgan fingerprint density at radius 3 is 2.32 bits per heavy atom. The number of aliphatic hydroxyl groups excluding tert-OH is 2. The van der Waals surface area contributed by atoms with E-state index in [1.54, 1.807) is 31.5 Å². The van der Waals surface area contributed by atoms with Crippen LogP contribution >= 0.6 is 0 Å². The summed E-state index contributed by atoms with van der Waals surface area (Å²) >= 11 is 0. The van der Waals surface area contributed by atoms with Gasteiger partial charge in [0.25, 0.3) is 0 Å². The molecule has 19 heavy (non-hydrogen) atoms. The molecule has 0 spiro atoms. The summed E-state index contributed by atoms with van der Waals surface area (Å²) in [6.45, 7) is 0.834. The van der Waals surface area contributed by atoms with Crippen LogP contribution in [0.15, 0.2) is 24.5 Å². The first kappa shape index (κ1) is 16.0. The number of hydrogen-bond donors (Lipinski definition) is 3. The number of aromatic nitrogens is 1. The lowest BCUT2D eigenvalue weighted by Crippen LogP contribution is -2.54. The van der Waals surface area contributed by atoms with Crippen LogP contribution in [0.1, 0.15) is 18.9 Å². The third-order valence-electron chi connectivity index (χ3n) is 3.06. The molecule has 1 rings (SSSR count). The Balaban J connectivity index is 2.66. The van der Waals surface area contributed by atoms with E-state index < -0.39 is 28.8 Å². The number of hydrogen-bond acceptors (Lipinski definition) is 5. The van der Waals surface area contributed by atoms with E-state index in [1.807, 2.05) is 0 Å². The summed E-state index contributed by atoms with van der Waals surface area (Å²) in [5.41, 5.74) is -0.313. The summed E-state index contributed by atoms with van der Waals surface area (Å²) < 4.78 is 26.3. The highest BCUT2D eigenvalue weighted by atomic mass is 32.2. The summed E-state index contributed by atoms with van der Waals surface area (Å²) in [6.07, 6.45) is 3.88. The van der Waals surface area contributed by atoms with Gasteiger partial charge in [-0.05, 0) is 30.5 Å². The van der Waals surface area contributed by atoms with Crippen molar-refractivity contribution in [3.05, 3.63) is 30.1 Å². The summed E-state index contributed by atoms with van der Waals surface area (Å²) in [7, 11) is -3.56. The monoisotopic (exact) mass is 288 g/mol. The van der Waals surface area contributed by atoms with Crippen LogP contribution in [0.2, 0.25) is 0 Å². The molecular weight excluding hydrogens is 268 g/mol. The molecule has 0 fully saturated rings. The van der Waals surface area contributed by atoms with Crippen LogP contribution in [0.25, 0.3) is 0 Å². The molecule has 0 saturated heterocycles. The van der Waals surface area contributed by atoms with Crippen molar-refractivity contribution < 1.29 is 18.6 Å². The number of rotatable bonds is 8. The minimum Gasteiger partial charge on any atom is -0.394 e. The zero-order chi connectivity index (χ0) is 14.4. The Kier molecular flexibility index (Phi) is 5.86. The Morgan fingerprint density at radius 1 is 1.26 bits per heavy atom. The number of aryl methyl sites for hydroxylation is 1. The van der Waals surface area contributed by atoms with Gasteiger partial charge in [-0.1, -0.05) is 6.92 Å². The van der Waals surface area contributed by atoms with E-state index in [1.165, 1.54) is 0 Å². The normalized spacial score (nSPS) is 12.6. The molecule has 3 N–H and O–H groups in total. The molecule has 0 aromatic carbocycles. The van der Waals surface area contributed by atoms with E-state index in [0.29, 0.717) is 12.8 Å². The molecule has 1 heterocycles. The van der Waals surface area contributed by atoms with Crippen LogP contribution in [0.3, 0.4) is 0 Å². The van der Waals surface area contributed by atoms with Crippen molar-refractivity contribution in [1.29, 1.82) is 0 Å². The van der Waals surface area contributed by atoms with E-state index in [-0.39, 0.29) is 5.75 Å². The molecule has 6 nitrogen and oxygen atoms in total. The van der Waals surface area contributed by atoms with Gasteiger partial charge in [0.1, 0.15) is 0 Å². The van der Waals surface area contributed by atoms with Crippen LogP contribution in [0.5, 0.6) is 0 Å². The maximum atomic E-state index is 11.9. The van der Waals surface area contributed by atoms with E-state index in [0.717, 1.165) is 5.56 Å². The fourth-order valence-corrected chi connectivity index (χ4v) is 3.13. The second kappa shape index (κ2) is 6.95. The Bertz CT molecular complexity index is 463. The molecule has 0 bridgehead atoms. The van der Waals surface area contributed by atoms with E-state index in [9.17, 15) is 18.6 Å². The molecule has 1 aromatic heterocycles. The van der Waals surface area contributed by atoms with E-state index in [4.69, 9.17) is 0 Å². The van der Waals surface area contributed by atoms with Gasteiger partial charge in [-0.25, -0.2) is 13.1 Å². The predicted molar refractivity (Wildman–Crippen MR) is 72.1 cm³/mol. The molecule has 0 aliphatic carbocycles. The van der Waals surface area contributed by atoms with E-state index in [2.05, 4.69) is 9.71 Å². The van der Waals surface area contributed by atoms with Crippen molar-refractivity contribution in [3.63, 3.8) is 0 Å². The van der Waals surface area contributed by atoms with Crippen LogP contribution in [0.4, 0.5) is 0 Å². The third kappa shape index (κ3) is 4.87. The molecule has 0 atom stereocenters. The Morgan fingerprint density at radius 2 is 1.84 bits per heavy atom. The van der Waals surface area contributed by atoms with Crippen molar-refractivity contribution in [2.24, 2.45) is 0 Å². The Labute approximate surface area is 113 Å². The van der Waals surface area contributed by atoms with Gasteiger partial charge in [-0.15, -0.1) is 0 Å². The van der Waals surface area contributed by atoms with Gasteiger partial charge in [0, 0.05) is 12.4 Å². The minimum absolute atomic E-state index is 0.0984. The molecule has 0 aliphatic rings. The zero-order valence-corrected chi connectivity index (χ0v) is 11.7. The van der Waals surface area contributed by atoms with Gasteiger partial charge in [-0.3, -0.25) is 4.98 Å². The van der Waals surface area contributed by atoms with Gasteiger partial charge < -0.3 is 10.2 Å². The van der Waals surface area contributed by atoms with Crippen molar-refractivity contribution in [2.75, 3.05) is 19.0 Å². The molecule has 0 radical (unpaired) electrons. The van der Waals surface area contributed by atoms with Gasteiger partial charge in [0.15, 0.2) is 0 Å². The highest BCUT2D eigenvalue weighted by Crippen LogP contribution is 2.11. The fraction of sp³-hybridized carbons (Fsp3) is 0.583. The Hall–Kier alpha value is -1.02. The number of nitrogens with one attached hydrogen (secondary N) is 1. The standard InChI is InChI=1S/C12H20N2O4S/c1-2-12(9-15,10-16)14-19(17,18)8-5-11-3-6-13-7-4-11/h3-4,6-7,14-16H,2,5,8-10H2,1H3. The highest BCUT2D eigenvalue weighted by molar-refractivity contribution is 7.89. The predicted octanol–water partition coefficient (Wildman–Crippen LogP) is -0.323. The minimum atomic E-state index is -3.56. The van der Waals surface area contributed by atoms with Crippen LogP contribution in [-0.4, -0.2) is 48.1 Å². The average Bonchev–Trinajstić information content (AvgIpc) is 2.44. The topological polar surface area (TPSA) is 99.5 Å². The molecule has 0 aliphatic heterocycles. The molecule has 0 saturated carbocycles. The number of sulfonamides is 1. The average molecular weight is 288 g/mol. The molecular formula is C12H20N2O4S. The molecule has 1 aromatic rings. The van der Waals surface area contributed by atoms with Gasteiger partial charge >= 0.3 is 0 Å². The van der Waals surface area contributed by atoms with Crippen LogP contribution in [-0.2, 0) is 16.4 Å². The maximum Gasteiger partial charge on any atom is 0.212 e.